The molecule has 1 N–H and O–H groups in total. The number of hydrogen-bond acceptors (Lipinski definition) is 3. The van der Waals surface area contributed by atoms with Gasteiger partial charge in [-0.05, 0) is 25.3 Å². The Morgan fingerprint density at radius 3 is 2.30 bits per heavy atom. The number of hydrogen-bond donors (Lipinski definition) is 1. The molecule has 5 heteroatoms. The van der Waals surface area contributed by atoms with E-state index in [1.54, 1.807) is 6.92 Å². The van der Waals surface area contributed by atoms with Crippen molar-refractivity contribution in [3.63, 3.8) is 0 Å². The van der Waals surface area contributed by atoms with E-state index in [0.29, 0.717) is 12.8 Å². The van der Waals surface area contributed by atoms with Crippen LogP contribution in [0.25, 0.3) is 0 Å². The standard InChI is InChI=1S/C16H26N2O3.2CH4/c1-5-8-12(17-14(19)7-3)16(21)18-13(9-6-2)11(4)10-15(18)20;;/h10,12-13H,5-9H2,1-4H3,(H,17,19);2*1H4/t12-,13+;;/m0../s1. The van der Waals surface area contributed by atoms with Gasteiger partial charge in [0.05, 0.1) is 6.04 Å². The van der Waals surface area contributed by atoms with E-state index < -0.39 is 6.04 Å². The normalized spacial score (nSPS) is 17.7. The van der Waals surface area contributed by atoms with E-state index in [1.807, 2.05) is 20.8 Å². The Kier molecular flexibility index (Phi) is 11.3. The summed E-state index contributed by atoms with van der Waals surface area (Å²) in [5, 5.41) is 2.74. The van der Waals surface area contributed by atoms with Crippen LogP contribution < -0.4 is 5.32 Å². The summed E-state index contributed by atoms with van der Waals surface area (Å²) in [6.07, 6.45) is 4.84. The van der Waals surface area contributed by atoms with Crippen molar-refractivity contribution in [2.24, 2.45) is 0 Å². The van der Waals surface area contributed by atoms with E-state index >= 15 is 0 Å². The maximum absolute atomic E-state index is 12.7. The van der Waals surface area contributed by atoms with Crippen molar-refractivity contribution in [3.05, 3.63) is 11.6 Å². The molecule has 23 heavy (non-hydrogen) atoms. The maximum Gasteiger partial charge on any atom is 0.253 e. The molecule has 0 bridgehead atoms. The molecule has 1 rings (SSSR count). The fourth-order valence-corrected chi connectivity index (χ4v) is 2.62. The number of amides is 3. The van der Waals surface area contributed by atoms with Crippen LogP contribution in [0.3, 0.4) is 0 Å². The maximum atomic E-state index is 12.7. The molecule has 0 saturated carbocycles. The highest BCUT2D eigenvalue weighted by molar-refractivity contribution is 6.06. The lowest BCUT2D eigenvalue weighted by atomic mass is 10.0. The molecule has 0 radical (unpaired) electrons. The summed E-state index contributed by atoms with van der Waals surface area (Å²) < 4.78 is 0. The molecule has 0 aromatic heterocycles. The van der Waals surface area contributed by atoms with Gasteiger partial charge in [0.2, 0.25) is 5.91 Å². The van der Waals surface area contributed by atoms with Crippen molar-refractivity contribution in [2.45, 2.75) is 86.7 Å². The molecule has 2 atom stereocenters. The number of rotatable bonds is 7. The van der Waals surface area contributed by atoms with Gasteiger partial charge >= 0.3 is 0 Å². The predicted octanol–water partition coefficient (Wildman–Crippen LogP) is 3.44. The fraction of sp³-hybridized carbons (Fsp3) is 0.722. The van der Waals surface area contributed by atoms with E-state index in [0.717, 1.165) is 24.8 Å². The van der Waals surface area contributed by atoms with E-state index in [1.165, 1.54) is 11.0 Å². The Labute approximate surface area is 141 Å². The molecule has 3 amide bonds. The van der Waals surface area contributed by atoms with Crippen molar-refractivity contribution >= 4 is 17.7 Å². The first-order valence-electron chi connectivity index (χ1n) is 7.80. The highest BCUT2D eigenvalue weighted by atomic mass is 16.2. The van der Waals surface area contributed by atoms with Gasteiger partial charge in [0.1, 0.15) is 6.04 Å². The van der Waals surface area contributed by atoms with Gasteiger partial charge in [-0.1, -0.05) is 48.5 Å². The van der Waals surface area contributed by atoms with Crippen LogP contribution in [0.2, 0.25) is 0 Å². The van der Waals surface area contributed by atoms with Crippen LogP contribution in [-0.4, -0.2) is 34.7 Å². The Morgan fingerprint density at radius 2 is 1.83 bits per heavy atom. The zero-order valence-electron chi connectivity index (χ0n) is 13.4. The van der Waals surface area contributed by atoms with Crippen molar-refractivity contribution in [3.8, 4) is 0 Å². The summed E-state index contributed by atoms with van der Waals surface area (Å²) in [5.74, 6) is -0.705. The first kappa shape index (κ1) is 23.6. The molecule has 0 aromatic carbocycles. The van der Waals surface area contributed by atoms with Crippen molar-refractivity contribution in [1.82, 2.24) is 10.2 Å². The average molecular weight is 326 g/mol. The molecule has 0 spiro atoms. The minimum atomic E-state index is -0.606. The van der Waals surface area contributed by atoms with Gasteiger partial charge in [-0.3, -0.25) is 19.3 Å². The van der Waals surface area contributed by atoms with Crippen LogP contribution >= 0.6 is 0 Å². The molecular formula is C18H34N2O3. The second kappa shape index (κ2) is 11.0. The molecule has 1 aliphatic heterocycles. The quantitative estimate of drug-likeness (QED) is 0.779. The van der Waals surface area contributed by atoms with Crippen LogP contribution in [0.5, 0.6) is 0 Å². The minimum Gasteiger partial charge on any atom is -0.344 e. The Bertz CT molecular complexity index is 444. The average Bonchev–Trinajstić information content (AvgIpc) is 2.72. The number of imide groups is 1. The zero-order valence-corrected chi connectivity index (χ0v) is 13.4. The second-order valence-electron chi connectivity index (χ2n) is 5.50. The van der Waals surface area contributed by atoms with Crippen LogP contribution in [-0.2, 0) is 14.4 Å². The zero-order chi connectivity index (χ0) is 16.0. The number of nitrogens with zero attached hydrogens (tertiary/aromatic N) is 1. The summed E-state index contributed by atoms with van der Waals surface area (Å²) in [5.41, 5.74) is 0.923. The minimum absolute atomic E-state index is 0. The van der Waals surface area contributed by atoms with Crippen LogP contribution in [0.4, 0.5) is 0 Å². The SMILES string of the molecule is C.C.CCC[C@H](NC(=O)CC)C(=O)N1C(=O)C=C(C)[C@H]1CCC. The lowest BCUT2D eigenvalue weighted by molar-refractivity contribution is -0.146. The third kappa shape index (κ3) is 5.81. The van der Waals surface area contributed by atoms with Gasteiger partial charge in [-0.25, -0.2) is 0 Å². The number of nitrogens with one attached hydrogen (secondary N) is 1. The number of carbonyl (C=O) groups excluding carboxylic acids is 3. The van der Waals surface area contributed by atoms with Gasteiger partial charge in [-0.2, -0.15) is 0 Å². The summed E-state index contributed by atoms with van der Waals surface area (Å²) in [6.45, 7) is 7.61. The van der Waals surface area contributed by atoms with Gasteiger partial charge in [0.15, 0.2) is 0 Å². The summed E-state index contributed by atoms with van der Waals surface area (Å²) in [7, 11) is 0. The molecule has 1 aliphatic rings. The summed E-state index contributed by atoms with van der Waals surface area (Å²) in [6, 6.07) is -0.766. The molecule has 1 heterocycles. The number of carbonyl (C=O) groups is 3. The van der Waals surface area contributed by atoms with Crippen molar-refractivity contribution < 1.29 is 14.4 Å². The lowest BCUT2D eigenvalue weighted by Gasteiger charge is -2.28. The molecule has 0 saturated heterocycles. The van der Waals surface area contributed by atoms with E-state index in [9.17, 15) is 14.4 Å². The first-order valence-corrected chi connectivity index (χ1v) is 7.80. The fourth-order valence-electron chi connectivity index (χ4n) is 2.62. The monoisotopic (exact) mass is 326 g/mol. The second-order valence-corrected chi connectivity index (χ2v) is 5.50. The third-order valence-corrected chi connectivity index (χ3v) is 3.76. The summed E-state index contributed by atoms with van der Waals surface area (Å²) >= 11 is 0. The third-order valence-electron chi connectivity index (χ3n) is 3.76. The highest BCUT2D eigenvalue weighted by Gasteiger charge is 2.37. The molecule has 0 unspecified atom stereocenters. The van der Waals surface area contributed by atoms with Crippen molar-refractivity contribution in [1.29, 1.82) is 0 Å². The largest absolute Gasteiger partial charge is 0.344 e. The topological polar surface area (TPSA) is 66.5 Å². The Hall–Kier alpha value is -1.65. The molecule has 5 nitrogen and oxygen atoms in total. The van der Waals surface area contributed by atoms with E-state index in [-0.39, 0.29) is 38.6 Å². The smallest absolute Gasteiger partial charge is 0.253 e. The van der Waals surface area contributed by atoms with Crippen LogP contribution in [0.15, 0.2) is 11.6 Å². The lowest BCUT2D eigenvalue weighted by Crippen LogP contribution is -2.52. The van der Waals surface area contributed by atoms with Gasteiger partial charge < -0.3 is 5.32 Å². The van der Waals surface area contributed by atoms with E-state index in [2.05, 4.69) is 5.32 Å². The first-order chi connectivity index (χ1) is 9.96. The molecular weight excluding hydrogens is 292 g/mol. The summed E-state index contributed by atoms with van der Waals surface area (Å²) in [4.78, 5) is 37.7. The van der Waals surface area contributed by atoms with Gasteiger partial charge in [0.25, 0.3) is 11.8 Å². The molecule has 0 aliphatic carbocycles. The van der Waals surface area contributed by atoms with Crippen LogP contribution in [0.1, 0.15) is 74.7 Å². The van der Waals surface area contributed by atoms with Crippen LogP contribution in [0, 0.1) is 0 Å². The molecule has 0 fully saturated rings. The highest BCUT2D eigenvalue weighted by Crippen LogP contribution is 2.24. The van der Waals surface area contributed by atoms with E-state index in [4.69, 9.17) is 0 Å². The Balaban J connectivity index is 0. The Morgan fingerprint density at radius 1 is 1.22 bits per heavy atom. The van der Waals surface area contributed by atoms with Gasteiger partial charge in [0, 0.05) is 12.5 Å². The predicted molar refractivity (Wildman–Crippen MR) is 94.9 cm³/mol. The molecule has 0 aromatic rings. The molecule has 134 valence electrons. The van der Waals surface area contributed by atoms with Crippen molar-refractivity contribution in [2.75, 3.05) is 0 Å². The van der Waals surface area contributed by atoms with Gasteiger partial charge in [-0.15, -0.1) is 0 Å².